The number of carbonyl (C=O) groups excluding carboxylic acids is 1. The fourth-order valence-corrected chi connectivity index (χ4v) is 4.81. The summed E-state index contributed by atoms with van der Waals surface area (Å²) in [5.74, 6) is 0.0763. The molecule has 1 aromatic carbocycles. The number of thiophene rings is 1. The van der Waals surface area contributed by atoms with Crippen LogP contribution in [-0.4, -0.2) is 51.4 Å². The van der Waals surface area contributed by atoms with Gasteiger partial charge in [0, 0.05) is 50.2 Å². The predicted molar refractivity (Wildman–Crippen MR) is 117 cm³/mol. The van der Waals surface area contributed by atoms with Crippen LogP contribution in [0.15, 0.2) is 46.8 Å². The monoisotopic (exact) mass is 430 g/mol. The Bertz CT molecular complexity index is 1070. The van der Waals surface area contributed by atoms with Gasteiger partial charge in [0.1, 0.15) is 4.83 Å². The number of fused-ring (bicyclic) bond motifs is 1. The van der Waals surface area contributed by atoms with Crippen LogP contribution in [0.5, 0.6) is 0 Å². The van der Waals surface area contributed by atoms with Crippen LogP contribution < -0.4 is 5.56 Å². The number of nitrogens with zero attached hydrogens (tertiary/aromatic N) is 4. The molecule has 152 valence electrons. The lowest BCUT2D eigenvalue weighted by molar-refractivity contribution is -0.133. The second-order valence-corrected chi connectivity index (χ2v) is 8.55. The van der Waals surface area contributed by atoms with Crippen LogP contribution in [-0.2, 0) is 11.3 Å². The van der Waals surface area contributed by atoms with E-state index < -0.39 is 0 Å². The molecule has 1 aliphatic rings. The first-order valence-corrected chi connectivity index (χ1v) is 11.0. The van der Waals surface area contributed by atoms with Crippen molar-refractivity contribution in [2.45, 2.75) is 25.9 Å². The number of amides is 1. The van der Waals surface area contributed by atoms with Crippen LogP contribution in [0.2, 0.25) is 5.02 Å². The number of aryl methyl sites for hydroxylation is 1. The molecule has 3 heterocycles. The van der Waals surface area contributed by atoms with Gasteiger partial charge in [-0.05, 0) is 30.0 Å². The number of hydrogen-bond donors (Lipinski definition) is 0. The Morgan fingerprint density at radius 2 is 1.97 bits per heavy atom. The molecule has 0 aliphatic carbocycles. The molecule has 2 aromatic heterocycles. The van der Waals surface area contributed by atoms with Crippen molar-refractivity contribution in [1.29, 1.82) is 0 Å². The molecular weight excluding hydrogens is 408 g/mol. The highest BCUT2D eigenvalue weighted by molar-refractivity contribution is 7.16. The summed E-state index contributed by atoms with van der Waals surface area (Å²) in [7, 11) is 0. The summed E-state index contributed by atoms with van der Waals surface area (Å²) in [6.45, 7) is 5.49. The average Bonchev–Trinajstić information content (AvgIpc) is 3.23. The first-order valence-electron chi connectivity index (χ1n) is 9.73. The molecule has 0 saturated carbocycles. The summed E-state index contributed by atoms with van der Waals surface area (Å²) in [6.07, 6.45) is 1.84. The molecule has 1 amide bonds. The van der Waals surface area contributed by atoms with E-state index in [9.17, 15) is 9.59 Å². The molecule has 1 atom stereocenters. The third-order valence-corrected chi connectivity index (χ3v) is 6.75. The lowest BCUT2D eigenvalue weighted by atomic mass is 10.1. The van der Waals surface area contributed by atoms with Gasteiger partial charge in [0.15, 0.2) is 0 Å². The second-order valence-electron chi connectivity index (χ2n) is 7.25. The van der Waals surface area contributed by atoms with Gasteiger partial charge in [-0.15, -0.1) is 11.3 Å². The largest absolute Gasteiger partial charge is 0.340 e. The van der Waals surface area contributed by atoms with E-state index in [0.717, 1.165) is 28.5 Å². The van der Waals surface area contributed by atoms with Gasteiger partial charge >= 0.3 is 0 Å². The molecule has 1 aliphatic heterocycles. The van der Waals surface area contributed by atoms with Gasteiger partial charge in [0.05, 0.1) is 11.7 Å². The highest BCUT2D eigenvalue weighted by atomic mass is 35.5. The zero-order valence-electron chi connectivity index (χ0n) is 16.3. The lowest BCUT2D eigenvalue weighted by Crippen LogP contribution is -2.49. The summed E-state index contributed by atoms with van der Waals surface area (Å²) < 4.78 is 1.53. The Labute approximate surface area is 178 Å². The van der Waals surface area contributed by atoms with E-state index in [2.05, 4.69) is 22.9 Å². The van der Waals surface area contributed by atoms with Crippen molar-refractivity contribution in [3.8, 4) is 0 Å². The Balaban J connectivity index is 1.32. The van der Waals surface area contributed by atoms with E-state index in [0.29, 0.717) is 31.4 Å². The molecule has 29 heavy (non-hydrogen) atoms. The summed E-state index contributed by atoms with van der Waals surface area (Å²) in [5.41, 5.74) is 1.03. The average molecular weight is 431 g/mol. The predicted octanol–water partition coefficient (Wildman–Crippen LogP) is 3.41. The smallest absolute Gasteiger partial charge is 0.262 e. The highest BCUT2D eigenvalue weighted by Gasteiger charge is 2.25. The van der Waals surface area contributed by atoms with Gasteiger partial charge in [-0.3, -0.25) is 19.1 Å². The summed E-state index contributed by atoms with van der Waals surface area (Å²) in [4.78, 5) is 34.4. The molecule has 0 spiro atoms. The van der Waals surface area contributed by atoms with E-state index >= 15 is 0 Å². The Hall–Kier alpha value is -2.22. The van der Waals surface area contributed by atoms with Crippen LogP contribution in [0.3, 0.4) is 0 Å². The highest BCUT2D eigenvalue weighted by Crippen LogP contribution is 2.27. The lowest BCUT2D eigenvalue weighted by Gasteiger charge is -2.38. The van der Waals surface area contributed by atoms with Gasteiger partial charge in [0.2, 0.25) is 5.91 Å². The minimum absolute atomic E-state index is 0.0763. The molecule has 3 aromatic rings. The van der Waals surface area contributed by atoms with Crippen LogP contribution in [0, 0.1) is 0 Å². The molecule has 4 rings (SSSR count). The zero-order chi connectivity index (χ0) is 20.4. The van der Waals surface area contributed by atoms with Crippen molar-refractivity contribution in [2.75, 3.05) is 26.2 Å². The maximum atomic E-state index is 12.6. The molecular formula is C21H23ClN4O2S. The fraction of sp³-hybridized carbons (Fsp3) is 0.381. The van der Waals surface area contributed by atoms with Gasteiger partial charge in [0.25, 0.3) is 5.56 Å². The van der Waals surface area contributed by atoms with E-state index in [4.69, 9.17) is 11.6 Å². The Kier molecular flexibility index (Phi) is 5.99. The number of rotatable bonds is 5. The minimum atomic E-state index is -0.0811. The van der Waals surface area contributed by atoms with Gasteiger partial charge in [-0.25, -0.2) is 4.98 Å². The molecule has 1 saturated heterocycles. The van der Waals surface area contributed by atoms with Crippen molar-refractivity contribution in [1.82, 2.24) is 19.4 Å². The standard InChI is InChI=1S/C21H23ClN4O2S/c1-15(16-4-2-3-5-18(16)22)24-9-11-25(12-10-24)19(27)6-8-26-14-23-20-17(21(26)28)7-13-29-20/h2-5,7,13-15H,6,8-12H2,1H3. The molecule has 8 heteroatoms. The van der Waals surface area contributed by atoms with E-state index in [1.165, 1.54) is 22.2 Å². The van der Waals surface area contributed by atoms with E-state index in [1.54, 1.807) is 6.07 Å². The third kappa shape index (κ3) is 4.22. The first-order chi connectivity index (χ1) is 14.0. The Morgan fingerprint density at radius 1 is 1.21 bits per heavy atom. The van der Waals surface area contributed by atoms with Crippen molar-refractivity contribution in [3.05, 3.63) is 63.0 Å². The van der Waals surface area contributed by atoms with E-state index in [-0.39, 0.29) is 17.5 Å². The van der Waals surface area contributed by atoms with Gasteiger partial charge in [-0.1, -0.05) is 29.8 Å². The summed E-state index contributed by atoms with van der Waals surface area (Å²) >= 11 is 7.78. The number of halogens is 1. The van der Waals surface area contributed by atoms with Crippen LogP contribution in [0.25, 0.3) is 10.2 Å². The minimum Gasteiger partial charge on any atom is -0.340 e. The van der Waals surface area contributed by atoms with Crippen molar-refractivity contribution in [3.63, 3.8) is 0 Å². The third-order valence-electron chi connectivity index (χ3n) is 5.59. The first kappa shape index (κ1) is 20.1. The number of aromatic nitrogens is 2. The SMILES string of the molecule is CC(c1ccccc1Cl)N1CCN(C(=O)CCn2cnc3sccc3c2=O)CC1. The van der Waals surface area contributed by atoms with Gasteiger partial charge in [-0.2, -0.15) is 0 Å². The molecule has 0 bridgehead atoms. The Morgan fingerprint density at radius 3 is 2.72 bits per heavy atom. The number of piperazine rings is 1. The number of carbonyl (C=O) groups is 1. The maximum absolute atomic E-state index is 12.6. The van der Waals surface area contributed by atoms with Crippen molar-refractivity contribution >= 4 is 39.1 Å². The topological polar surface area (TPSA) is 58.4 Å². The normalized spacial score (nSPS) is 16.3. The molecule has 0 radical (unpaired) electrons. The number of benzene rings is 1. The molecule has 1 unspecified atom stereocenters. The van der Waals surface area contributed by atoms with Crippen molar-refractivity contribution in [2.24, 2.45) is 0 Å². The van der Waals surface area contributed by atoms with Crippen LogP contribution in [0.1, 0.15) is 24.9 Å². The van der Waals surface area contributed by atoms with Crippen LogP contribution >= 0.6 is 22.9 Å². The maximum Gasteiger partial charge on any atom is 0.262 e. The molecule has 1 fully saturated rings. The second kappa shape index (κ2) is 8.65. The van der Waals surface area contributed by atoms with E-state index in [1.807, 2.05) is 28.5 Å². The molecule has 6 nitrogen and oxygen atoms in total. The summed E-state index contributed by atoms with van der Waals surface area (Å²) in [6, 6.07) is 9.90. The van der Waals surface area contributed by atoms with Gasteiger partial charge < -0.3 is 4.90 Å². The zero-order valence-corrected chi connectivity index (χ0v) is 17.8. The van der Waals surface area contributed by atoms with Crippen molar-refractivity contribution < 1.29 is 4.79 Å². The molecule has 0 N–H and O–H groups in total. The quantitative estimate of drug-likeness (QED) is 0.622. The fourth-order valence-electron chi connectivity index (χ4n) is 3.80. The summed E-state index contributed by atoms with van der Waals surface area (Å²) in [5, 5.41) is 3.25. The number of hydrogen-bond acceptors (Lipinski definition) is 5. The van der Waals surface area contributed by atoms with Crippen LogP contribution in [0.4, 0.5) is 0 Å².